The van der Waals surface area contributed by atoms with Crippen LogP contribution in [0.2, 0.25) is 0 Å². The van der Waals surface area contributed by atoms with Crippen molar-refractivity contribution in [1.82, 2.24) is 0 Å². The lowest BCUT2D eigenvalue weighted by atomic mass is 10.2. The Morgan fingerprint density at radius 1 is 1.56 bits per heavy atom. The minimum Gasteiger partial charge on any atom is -0.377 e. The number of hydrogen-bond acceptors (Lipinski definition) is 3. The number of ketones is 1. The van der Waals surface area contributed by atoms with Crippen LogP contribution in [0.3, 0.4) is 0 Å². The van der Waals surface area contributed by atoms with E-state index >= 15 is 0 Å². The number of carbonyl (C=O) groups excluding carboxylic acids is 1. The standard InChI is InChI=1S/C13H16O2S/c1-10(14)11-4-2-6-13(8-11)16-9-12-5-3-7-15-12/h2,4,6,8,12H,3,5,7,9H2,1H3. The van der Waals surface area contributed by atoms with Crippen LogP contribution in [0.4, 0.5) is 0 Å². The van der Waals surface area contributed by atoms with E-state index in [1.54, 1.807) is 18.7 Å². The Hall–Kier alpha value is -0.800. The summed E-state index contributed by atoms with van der Waals surface area (Å²) in [4.78, 5) is 12.4. The first kappa shape index (κ1) is 11.7. The number of ether oxygens (including phenoxy) is 1. The van der Waals surface area contributed by atoms with Crippen molar-refractivity contribution in [3.63, 3.8) is 0 Å². The second-order valence-electron chi connectivity index (χ2n) is 4.03. The van der Waals surface area contributed by atoms with Gasteiger partial charge in [0.25, 0.3) is 0 Å². The van der Waals surface area contributed by atoms with Gasteiger partial charge in [0.15, 0.2) is 5.78 Å². The maximum Gasteiger partial charge on any atom is 0.159 e. The maximum absolute atomic E-state index is 11.2. The summed E-state index contributed by atoms with van der Waals surface area (Å²) >= 11 is 1.77. The molecule has 1 aromatic carbocycles. The Morgan fingerprint density at radius 3 is 3.12 bits per heavy atom. The lowest BCUT2D eigenvalue weighted by Gasteiger charge is -2.08. The van der Waals surface area contributed by atoms with Crippen LogP contribution >= 0.6 is 11.8 Å². The van der Waals surface area contributed by atoms with Gasteiger partial charge in [0, 0.05) is 22.8 Å². The van der Waals surface area contributed by atoms with Crippen LogP contribution in [-0.2, 0) is 4.74 Å². The van der Waals surface area contributed by atoms with E-state index in [2.05, 4.69) is 0 Å². The molecule has 0 bridgehead atoms. The van der Waals surface area contributed by atoms with Gasteiger partial charge in [-0.3, -0.25) is 4.79 Å². The molecule has 3 heteroatoms. The summed E-state index contributed by atoms with van der Waals surface area (Å²) in [5.41, 5.74) is 0.789. The molecule has 1 aliphatic rings. The third-order valence-corrected chi connectivity index (χ3v) is 3.83. The fourth-order valence-corrected chi connectivity index (χ4v) is 2.80. The van der Waals surface area contributed by atoms with E-state index in [0.29, 0.717) is 6.10 Å². The second-order valence-corrected chi connectivity index (χ2v) is 5.12. The molecule has 0 saturated carbocycles. The van der Waals surface area contributed by atoms with Crippen LogP contribution in [0.1, 0.15) is 30.1 Å². The minimum absolute atomic E-state index is 0.125. The molecule has 16 heavy (non-hydrogen) atoms. The average molecular weight is 236 g/mol. The highest BCUT2D eigenvalue weighted by molar-refractivity contribution is 7.99. The summed E-state index contributed by atoms with van der Waals surface area (Å²) in [7, 11) is 0. The molecule has 1 fully saturated rings. The molecule has 1 aliphatic heterocycles. The summed E-state index contributed by atoms with van der Waals surface area (Å²) in [5, 5.41) is 0. The van der Waals surface area contributed by atoms with Gasteiger partial charge in [-0.15, -0.1) is 11.8 Å². The molecule has 0 aromatic heterocycles. The summed E-state index contributed by atoms with van der Waals surface area (Å²) in [6.07, 6.45) is 2.74. The predicted molar refractivity (Wildman–Crippen MR) is 66.1 cm³/mol. The number of Topliss-reactive ketones (excluding diaryl/α,β-unsaturated/α-hetero) is 1. The molecule has 2 rings (SSSR count). The van der Waals surface area contributed by atoms with E-state index in [-0.39, 0.29) is 5.78 Å². The van der Waals surface area contributed by atoms with Gasteiger partial charge in [0.05, 0.1) is 6.10 Å². The number of hydrogen-bond donors (Lipinski definition) is 0. The van der Waals surface area contributed by atoms with Gasteiger partial charge in [-0.1, -0.05) is 12.1 Å². The third kappa shape index (κ3) is 3.09. The normalized spacial score (nSPS) is 19.9. The van der Waals surface area contributed by atoms with Crippen LogP contribution in [0.15, 0.2) is 29.2 Å². The van der Waals surface area contributed by atoms with E-state index in [1.165, 1.54) is 12.8 Å². The molecule has 1 unspecified atom stereocenters. The number of carbonyl (C=O) groups is 1. The fraction of sp³-hybridized carbons (Fsp3) is 0.462. The first-order valence-corrected chi connectivity index (χ1v) is 6.59. The Kier molecular flexibility index (Phi) is 4.02. The molecule has 1 heterocycles. The van der Waals surface area contributed by atoms with Crippen LogP contribution in [-0.4, -0.2) is 24.2 Å². The molecular formula is C13H16O2S. The van der Waals surface area contributed by atoms with Crippen LogP contribution < -0.4 is 0 Å². The Labute approximate surface area is 100 Å². The van der Waals surface area contributed by atoms with E-state index in [9.17, 15) is 4.79 Å². The van der Waals surface area contributed by atoms with Crippen molar-refractivity contribution in [2.45, 2.75) is 30.8 Å². The smallest absolute Gasteiger partial charge is 0.159 e. The van der Waals surface area contributed by atoms with Gasteiger partial charge in [-0.25, -0.2) is 0 Å². The van der Waals surface area contributed by atoms with E-state index in [0.717, 1.165) is 22.8 Å². The van der Waals surface area contributed by atoms with Crippen LogP contribution in [0.5, 0.6) is 0 Å². The summed E-state index contributed by atoms with van der Waals surface area (Å²) in [5.74, 6) is 1.11. The van der Waals surface area contributed by atoms with Crippen molar-refractivity contribution >= 4 is 17.5 Å². The Balaban J connectivity index is 1.93. The van der Waals surface area contributed by atoms with Crippen LogP contribution in [0, 0.1) is 0 Å². The highest BCUT2D eigenvalue weighted by atomic mass is 32.2. The molecule has 2 nitrogen and oxygen atoms in total. The maximum atomic E-state index is 11.2. The summed E-state index contributed by atoms with van der Waals surface area (Å²) in [6.45, 7) is 2.50. The van der Waals surface area contributed by atoms with Crippen molar-refractivity contribution in [3.8, 4) is 0 Å². The molecule has 1 aromatic rings. The van der Waals surface area contributed by atoms with Gasteiger partial charge >= 0.3 is 0 Å². The number of benzene rings is 1. The van der Waals surface area contributed by atoms with E-state index in [4.69, 9.17) is 4.74 Å². The lowest BCUT2D eigenvalue weighted by molar-refractivity contribution is 0.101. The van der Waals surface area contributed by atoms with Crippen molar-refractivity contribution in [1.29, 1.82) is 0 Å². The summed E-state index contributed by atoms with van der Waals surface area (Å²) < 4.78 is 5.56. The average Bonchev–Trinajstić information content (AvgIpc) is 2.79. The molecule has 0 amide bonds. The quantitative estimate of drug-likeness (QED) is 0.593. The largest absolute Gasteiger partial charge is 0.377 e. The molecule has 0 radical (unpaired) electrons. The fourth-order valence-electron chi connectivity index (χ4n) is 1.77. The molecule has 0 N–H and O–H groups in total. The van der Waals surface area contributed by atoms with E-state index in [1.807, 2.05) is 24.3 Å². The monoisotopic (exact) mass is 236 g/mol. The van der Waals surface area contributed by atoms with Crippen molar-refractivity contribution in [2.75, 3.05) is 12.4 Å². The number of rotatable bonds is 4. The first-order chi connectivity index (χ1) is 7.75. The van der Waals surface area contributed by atoms with Crippen LogP contribution in [0.25, 0.3) is 0 Å². The third-order valence-electron chi connectivity index (χ3n) is 2.70. The van der Waals surface area contributed by atoms with Gasteiger partial charge in [0.2, 0.25) is 0 Å². The number of thioether (sulfide) groups is 1. The SMILES string of the molecule is CC(=O)c1cccc(SCC2CCCO2)c1. The predicted octanol–water partition coefficient (Wildman–Crippen LogP) is 3.16. The highest BCUT2D eigenvalue weighted by Gasteiger charge is 2.15. The minimum atomic E-state index is 0.125. The highest BCUT2D eigenvalue weighted by Crippen LogP contribution is 2.24. The Morgan fingerprint density at radius 2 is 2.44 bits per heavy atom. The zero-order chi connectivity index (χ0) is 11.4. The second kappa shape index (κ2) is 5.51. The zero-order valence-corrected chi connectivity index (χ0v) is 10.3. The topological polar surface area (TPSA) is 26.3 Å². The molecule has 0 aliphatic carbocycles. The van der Waals surface area contributed by atoms with Crippen molar-refractivity contribution < 1.29 is 9.53 Å². The zero-order valence-electron chi connectivity index (χ0n) is 9.44. The van der Waals surface area contributed by atoms with Crippen molar-refractivity contribution in [2.24, 2.45) is 0 Å². The van der Waals surface area contributed by atoms with Gasteiger partial charge in [0.1, 0.15) is 0 Å². The van der Waals surface area contributed by atoms with Gasteiger partial charge < -0.3 is 4.74 Å². The molecule has 86 valence electrons. The lowest BCUT2D eigenvalue weighted by Crippen LogP contribution is -2.07. The van der Waals surface area contributed by atoms with E-state index < -0.39 is 0 Å². The van der Waals surface area contributed by atoms with Gasteiger partial charge in [-0.2, -0.15) is 0 Å². The molecule has 1 saturated heterocycles. The molecule has 1 atom stereocenters. The summed E-state index contributed by atoms with van der Waals surface area (Å²) in [6, 6.07) is 7.81. The Bertz CT molecular complexity index is 370. The molecular weight excluding hydrogens is 220 g/mol. The van der Waals surface area contributed by atoms with Gasteiger partial charge in [-0.05, 0) is 31.9 Å². The first-order valence-electron chi connectivity index (χ1n) is 5.61. The van der Waals surface area contributed by atoms with Crippen molar-refractivity contribution in [3.05, 3.63) is 29.8 Å². The molecule has 0 spiro atoms.